The highest BCUT2D eigenvalue weighted by Gasteiger charge is 2.28. The van der Waals surface area contributed by atoms with Gasteiger partial charge in [0.15, 0.2) is 0 Å². The van der Waals surface area contributed by atoms with Crippen LogP contribution >= 0.6 is 11.6 Å². The molecule has 4 rings (SSSR count). The van der Waals surface area contributed by atoms with E-state index >= 15 is 0 Å². The smallest absolute Gasteiger partial charge is 0.266 e. The number of halogens is 1. The van der Waals surface area contributed by atoms with Gasteiger partial charge in [0.1, 0.15) is 10.6 Å². The highest BCUT2D eigenvalue weighted by molar-refractivity contribution is 7.93. The van der Waals surface area contributed by atoms with E-state index in [-0.39, 0.29) is 34.0 Å². The molecule has 1 aliphatic rings. The van der Waals surface area contributed by atoms with E-state index in [1.54, 1.807) is 30.3 Å². The summed E-state index contributed by atoms with van der Waals surface area (Å²) in [5.74, 6) is 0.344. The summed E-state index contributed by atoms with van der Waals surface area (Å²) in [7, 11) is -4.05. The van der Waals surface area contributed by atoms with Gasteiger partial charge >= 0.3 is 0 Å². The molecular formula is C25H23ClN2O4S. The number of benzene rings is 3. The number of amides is 1. The Morgan fingerprint density at radius 1 is 1.12 bits per heavy atom. The van der Waals surface area contributed by atoms with E-state index in [4.69, 9.17) is 16.3 Å². The maximum absolute atomic E-state index is 13.5. The Balaban J connectivity index is 1.65. The van der Waals surface area contributed by atoms with Gasteiger partial charge in [-0.25, -0.2) is 8.42 Å². The van der Waals surface area contributed by atoms with E-state index < -0.39 is 10.0 Å². The zero-order chi connectivity index (χ0) is 23.4. The predicted molar refractivity (Wildman–Crippen MR) is 129 cm³/mol. The molecule has 0 bridgehead atoms. The number of nitrogens with one attached hydrogen (secondary N) is 1. The fraction of sp³-hybridized carbons (Fsp3) is 0.160. The molecule has 0 aromatic heterocycles. The van der Waals surface area contributed by atoms with Gasteiger partial charge in [0.2, 0.25) is 0 Å². The van der Waals surface area contributed by atoms with E-state index in [9.17, 15) is 13.2 Å². The number of nitrogens with zero attached hydrogens (tertiary/aromatic N) is 1. The van der Waals surface area contributed by atoms with E-state index in [1.807, 2.05) is 24.3 Å². The van der Waals surface area contributed by atoms with Crippen LogP contribution in [0.5, 0.6) is 5.75 Å². The first kappa shape index (κ1) is 22.9. The van der Waals surface area contributed by atoms with Gasteiger partial charge in [0.25, 0.3) is 15.9 Å². The molecule has 0 aliphatic carbocycles. The molecule has 1 aliphatic heterocycles. The normalized spacial score (nSPS) is 15.1. The average molecular weight is 483 g/mol. The van der Waals surface area contributed by atoms with Gasteiger partial charge in [-0.2, -0.15) is 0 Å². The zero-order valence-corrected chi connectivity index (χ0v) is 19.4. The minimum Gasteiger partial charge on any atom is -0.493 e. The van der Waals surface area contributed by atoms with Crippen molar-refractivity contribution >= 4 is 33.2 Å². The van der Waals surface area contributed by atoms with Gasteiger partial charge in [-0.15, -0.1) is 6.58 Å². The molecule has 3 aromatic carbocycles. The molecule has 1 N–H and O–H groups in total. The third-order valence-corrected chi connectivity index (χ3v) is 7.64. The number of ether oxygens (including phenoxy) is 1. The molecule has 170 valence electrons. The topological polar surface area (TPSA) is 75.7 Å². The van der Waals surface area contributed by atoms with Crippen LogP contribution in [0.15, 0.2) is 90.3 Å². The number of hydrogen-bond donors (Lipinski definition) is 1. The zero-order valence-electron chi connectivity index (χ0n) is 17.8. The molecule has 0 spiro atoms. The molecular weight excluding hydrogens is 460 g/mol. The highest BCUT2D eigenvalue weighted by Crippen LogP contribution is 2.33. The molecule has 0 fully saturated rings. The Morgan fingerprint density at radius 2 is 1.85 bits per heavy atom. The number of carbonyl (C=O) groups excluding carboxylic acids is 1. The number of carbonyl (C=O) groups is 1. The van der Waals surface area contributed by atoms with Crippen LogP contribution in [0, 0.1) is 0 Å². The van der Waals surface area contributed by atoms with Gasteiger partial charge in [-0.05, 0) is 36.4 Å². The van der Waals surface area contributed by atoms with E-state index in [1.165, 1.54) is 28.6 Å². The SMILES string of the molecule is C=CCN(c1ccccc1)S(=O)(=O)c1cc(C(=O)NC2CCOc3ccccc32)ccc1Cl. The van der Waals surface area contributed by atoms with Crippen molar-refractivity contribution in [1.29, 1.82) is 0 Å². The molecule has 0 radical (unpaired) electrons. The standard InChI is InChI=1S/C25H23ClN2O4S/c1-2-15-28(19-8-4-3-5-9-19)33(30,31)24-17-18(12-13-21(24)26)25(29)27-22-14-16-32-23-11-7-6-10-20(22)23/h2-13,17,22H,1,14-16H2,(H,27,29). The summed E-state index contributed by atoms with van der Waals surface area (Å²) in [4.78, 5) is 12.9. The van der Waals surface area contributed by atoms with Crippen molar-refractivity contribution < 1.29 is 17.9 Å². The lowest BCUT2D eigenvalue weighted by Crippen LogP contribution is -2.33. The molecule has 6 nitrogen and oxygen atoms in total. The lowest BCUT2D eigenvalue weighted by molar-refractivity contribution is 0.0924. The molecule has 1 amide bonds. The van der Waals surface area contributed by atoms with Crippen LogP contribution in [-0.4, -0.2) is 27.5 Å². The van der Waals surface area contributed by atoms with Crippen LogP contribution < -0.4 is 14.4 Å². The summed E-state index contributed by atoms with van der Waals surface area (Å²) in [5, 5.41) is 3.02. The Bertz CT molecular complexity index is 1280. The van der Waals surface area contributed by atoms with Crippen molar-refractivity contribution in [3.8, 4) is 5.75 Å². The molecule has 33 heavy (non-hydrogen) atoms. The Hall–Kier alpha value is -3.29. The summed E-state index contributed by atoms with van der Waals surface area (Å²) in [6, 6.07) is 20.2. The van der Waals surface area contributed by atoms with E-state index in [2.05, 4.69) is 11.9 Å². The highest BCUT2D eigenvalue weighted by atomic mass is 35.5. The number of para-hydroxylation sites is 2. The van der Waals surface area contributed by atoms with Gasteiger partial charge in [-0.1, -0.05) is 54.1 Å². The van der Waals surface area contributed by atoms with Gasteiger partial charge in [0.05, 0.1) is 29.9 Å². The number of rotatable bonds is 7. The van der Waals surface area contributed by atoms with Gasteiger partial charge < -0.3 is 10.1 Å². The summed E-state index contributed by atoms with van der Waals surface area (Å²) in [6.07, 6.45) is 2.11. The van der Waals surface area contributed by atoms with Gasteiger partial charge in [-0.3, -0.25) is 9.10 Å². The monoisotopic (exact) mass is 482 g/mol. The molecule has 1 unspecified atom stereocenters. The Kier molecular flexibility index (Phi) is 6.72. The molecule has 8 heteroatoms. The summed E-state index contributed by atoms with van der Waals surface area (Å²) in [5.41, 5.74) is 1.57. The van der Waals surface area contributed by atoms with Crippen molar-refractivity contribution in [2.45, 2.75) is 17.4 Å². The minimum atomic E-state index is -4.05. The van der Waals surface area contributed by atoms with Crippen LogP contribution in [0.25, 0.3) is 0 Å². The second-order valence-electron chi connectivity index (χ2n) is 7.51. The number of sulfonamides is 1. The first-order valence-electron chi connectivity index (χ1n) is 10.4. The van der Waals surface area contributed by atoms with Crippen molar-refractivity contribution in [3.05, 3.63) is 102 Å². The largest absolute Gasteiger partial charge is 0.493 e. The van der Waals surface area contributed by atoms with Crippen LogP contribution in [-0.2, 0) is 10.0 Å². The van der Waals surface area contributed by atoms with E-state index in [0.29, 0.717) is 18.7 Å². The first-order chi connectivity index (χ1) is 15.9. The summed E-state index contributed by atoms with van der Waals surface area (Å²) >= 11 is 6.30. The molecule has 0 saturated carbocycles. The second-order valence-corrected chi connectivity index (χ2v) is 9.74. The lowest BCUT2D eigenvalue weighted by atomic mass is 10.00. The Labute approximate surface area is 198 Å². The van der Waals surface area contributed by atoms with Crippen LogP contribution in [0.2, 0.25) is 5.02 Å². The van der Waals surface area contributed by atoms with Crippen molar-refractivity contribution in [2.75, 3.05) is 17.5 Å². The van der Waals surface area contributed by atoms with Crippen molar-refractivity contribution in [3.63, 3.8) is 0 Å². The quantitative estimate of drug-likeness (QED) is 0.482. The average Bonchev–Trinajstić information content (AvgIpc) is 2.83. The number of hydrogen-bond acceptors (Lipinski definition) is 4. The third-order valence-electron chi connectivity index (χ3n) is 5.36. The van der Waals surface area contributed by atoms with Crippen LogP contribution in [0.4, 0.5) is 5.69 Å². The summed E-state index contributed by atoms with van der Waals surface area (Å²) < 4.78 is 33.9. The first-order valence-corrected chi connectivity index (χ1v) is 12.2. The molecule has 0 saturated heterocycles. The number of anilines is 1. The predicted octanol–water partition coefficient (Wildman–Crippen LogP) is 4.97. The fourth-order valence-corrected chi connectivity index (χ4v) is 5.69. The number of fused-ring (bicyclic) bond motifs is 1. The fourth-order valence-electron chi connectivity index (χ4n) is 3.75. The Morgan fingerprint density at radius 3 is 2.61 bits per heavy atom. The van der Waals surface area contributed by atoms with E-state index in [0.717, 1.165) is 11.3 Å². The molecule has 3 aromatic rings. The van der Waals surface area contributed by atoms with Crippen LogP contribution in [0.3, 0.4) is 0 Å². The minimum absolute atomic E-state index is 0.0351. The maximum Gasteiger partial charge on any atom is 0.266 e. The second kappa shape index (κ2) is 9.68. The third kappa shape index (κ3) is 4.74. The maximum atomic E-state index is 13.5. The molecule has 1 heterocycles. The van der Waals surface area contributed by atoms with Crippen LogP contribution in [0.1, 0.15) is 28.4 Å². The molecule has 1 atom stereocenters. The summed E-state index contributed by atoms with van der Waals surface area (Å²) in [6.45, 7) is 4.21. The van der Waals surface area contributed by atoms with Gasteiger partial charge in [0, 0.05) is 17.5 Å². The lowest BCUT2D eigenvalue weighted by Gasteiger charge is -2.27. The van der Waals surface area contributed by atoms with Crippen molar-refractivity contribution in [1.82, 2.24) is 5.32 Å². The van der Waals surface area contributed by atoms with Crippen molar-refractivity contribution in [2.24, 2.45) is 0 Å².